The number of hydrogen-bond donors (Lipinski definition) is 1. The van der Waals surface area contributed by atoms with Crippen molar-refractivity contribution in [3.63, 3.8) is 0 Å². The number of nitrogens with zero attached hydrogens (tertiary/aromatic N) is 2. The van der Waals surface area contributed by atoms with Gasteiger partial charge in [-0.15, -0.1) is 0 Å². The summed E-state index contributed by atoms with van der Waals surface area (Å²) in [6.45, 7) is 1.19. The molecule has 0 amide bonds. The van der Waals surface area contributed by atoms with Gasteiger partial charge in [-0.25, -0.2) is 13.1 Å². The van der Waals surface area contributed by atoms with Gasteiger partial charge in [0.25, 0.3) is 0 Å². The molecule has 2 aromatic carbocycles. The molecule has 29 heavy (non-hydrogen) atoms. The Morgan fingerprint density at radius 2 is 1.48 bits per heavy atom. The van der Waals surface area contributed by atoms with E-state index in [4.69, 9.17) is 23.2 Å². The fourth-order valence-corrected chi connectivity index (χ4v) is 4.93. The SMILES string of the molecule is O=S(=O)(NC1CN(C(c2ccc(Cl)cc2)c2ccc(Cl)cc2)C1)c1cccnc1. The van der Waals surface area contributed by atoms with E-state index < -0.39 is 10.0 Å². The highest BCUT2D eigenvalue weighted by molar-refractivity contribution is 7.89. The van der Waals surface area contributed by atoms with Crippen LogP contribution in [0.2, 0.25) is 10.0 Å². The van der Waals surface area contributed by atoms with Gasteiger partial charge < -0.3 is 0 Å². The van der Waals surface area contributed by atoms with Crippen LogP contribution >= 0.6 is 23.2 Å². The third kappa shape index (κ3) is 4.63. The van der Waals surface area contributed by atoms with Gasteiger partial charge in [0.1, 0.15) is 4.90 Å². The molecule has 0 unspecified atom stereocenters. The van der Waals surface area contributed by atoms with E-state index in [0.717, 1.165) is 11.1 Å². The van der Waals surface area contributed by atoms with Crippen LogP contribution in [0.1, 0.15) is 17.2 Å². The molecule has 1 aliphatic heterocycles. The molecule has 150 valence electrons. The Bertz CT molecular complexity index is 1020. The summed E-state index contributed by atoms with van der Waals surface area (Å²) in [5.74, 6) is 0. The minimum atomic E-state index is -3.58. The molecule has 2 heterocycles. The Morgan fingerprint density at radius 3 is 1.97 bits per heavy atom. The normalized spacial score (nSPS) is 15.4. The molecule has 1 fully saturated rings. The maximum atomic E-state index is 12.5. The highest BCUT2D eigenvalue weighted by Gasteiger charge is 2.36. The first kappa shape index (κ1) is 20.3. The Kier molecular flexibility index (Phi) is 5.90. The van der Waals surface area contributed by atoms with E-state index in [1.54, 1.807) is 12.3 Å². The maximum Gasteiger partial charge on any atom is 0.242 e. The van der Waals surface area contributed by atoms with Crippen molar-refractivity contribution in [3.8, 4) is 0 Å². The number of hydrogen-bond acceptors (Lipinski definition) is 4. The van der Waals surface area contributed by atoms with Gasteiger partial charge >= 0.3 is 0 Å². The molecule has 0 bridgehead atoms. The zero-order valence-corrected chi connectivity index (χ0v) is 17.7. The van der Waals surface area contributed by atoms with Crippen molar-refractivity contribution < 1.29 is 8.42 Å². The van der Waals surface area contributed by atoms with Crippen LogP contribution in [0, 0.1) is 0 Å². The van der Waals surface area contributed by atoms with Crippen LogP contribution in [0.25, 0.3) is 0 Å². The van der Waals surface area contributed by atoms with Crippen molar-refractivity contribution in [2.75, 3.05) is 13.1 Å². The van der Waals surface area contributed by atoms with Gasteiger partial charge in [0.15, 0.2) is 0 Å². The molecule has 0 aliphatic carbocycles. The summed E-state index contributed by atoms with van der Waals surface area (Å²) in [7, 11) is -3.58. The van der Waals surface area contributed by atoms with Gasteiger partial charge in [0.05, 0.1) is 6.04 Å². The van der Waals surface area contributed by atoms with Crippen LogP contribution in [0.5, 0.6) is 0 Å². The van der Waals surface area contributed by atoms with Crippen LogP contribution in [0.4, 0.5) is 0 Å². The fraction of sp³-hybridized carbons (Fsp3) is 0.190. The van der Waals surface area contributed by atoms with Crippen molar-refractivity contribution in [2.24, 2.45) is 0 Å². The minimum absolute atomic E-state index is 0.0105. The molecule has 4 rings (SSSR count). The molecule has 1 aliphatic rings. The Labute approximate surface area is 180 Å². The average Bonchev–Trinajstić information content (AvgIpc) is 2.69. The van der Waals surface area contributed by atoms with Crippen LogP contribution in [-0.4, -0.2) is 37.4 Å². The lowest BCUT2D eigenvalue weighted by atomic mass is 9.93. The lowest BCUT2D eigenvalue weighted by Crippen LogP contribution is -2.60. The maximum absolute atomic E-state index is 12.5. The van der Waals surface area contributed by atoms with Crippen LogP contribution in [0.3, 0.4) is 0 Å². The molecule has 3 aromatic rings. The Morgan fingerprint density at radius 1 is 0.931 bits per heavy atom. The predicted octanol–water partition coefficient (Wildman–Crippen LogP) is 4.14. The fourth-order valence-electron chi connectivity index (χ4n) is 3.50. The largest absolute Gasteiger partial charge is 0.289 e. The highest BCUT2D eigenvalue weighted by atomic mass is 35.5. The first-order chi connectivity index (χ1) is 13.9. The van der Waals surface area contributed by atoms with Gasteiger partial charge in [-0.05, 0) is 47.5 Å². The van der Waals surface area contributed by atoms with E-state index >= 15 is 0 Å². The number of nitrogens with one attached hydrogen (secondary N) is 1. The quantitative estimate of drug-likeness (QED) is 0.616. The van der Waals surface area contributed by atoms with Crippen LogP contribution < -0.4 is 4.72 Å². The summed E-state index contributed by atoms with van der Waals surface area (Å²) in [6.07, 6.45) is 2.90. The van der Waals surface area contributed by atoms with Gasteiger partial charge in [-0.3, -0.25) is 9.88 Å². The molecule has 8 heteroatoms. The van der Waals surface area contributed by atoms with Crippen molar-refractivity contribution in [1.29, 1.82) is 0 Å². The second-order valence-corrected chi connectivity index (χ2v) is 9.55. The molecule has 1 saturated heterocycles. The molecular weight excluding hydrogens is 429 g/mol. The van der Waals surface area contributed by atoms with Gasteiger partial charge in [0, 0.05) is 41.6 Å². The standard InChI is InChI=1S/C21H19Cl2N3O2S/c22-17-7-3-15(4-8-17)21(16-5-9-18(23)10-6-16)26-13-19(14-26)25-29(27,28)20-2-1-11-24-12-20/h1-12,19,21,25H,13-14H2. The number of halogens is 2. The molecular formula is C21H19Cl2N3O2S. The first-order valence-electron chi connectivity index (χ1n) is 9.10. The Balaban J connectivity index is 1.52. The lowest BCUT2D eigenvalue weighted by molar-refractivity contribution is 0.105. The Hall–Kier alpha value is -1.96. The number of rotatable bonds is 6. The van der Waals surface area contributed by atoms with Crippen LogP contribution in [0.15, 0.2) is 78.0 Å². The smallest absolute Gasteiger partial charge is 0.242 e. The third-order valence-electron chi connectivity index (χ3n) is 4.91. The topological polar surface area (TPSA) is 62.3 Å². The minimum Gasteiger partial charge on any atom is -0.289 e. The van der Waals surface area contributed by atoms with E-state index in [1.165, 1.54) is 12.3 Å². The summed E-state index contributed by atoms with van der Waals surface area (Å²) < 4.78 is 27.8. The second kappa shape index (κ2) is 8.42. The number of likely N-dealkylation sites (tertiary alicyclic amines) is 1. The summed E-state index contributed by atoms with van der Waals surface area (Å²) >= 11 is 12.1. The van der Waals surface area contributed by atoms with E-state index in [1.807, 2.05) is 48.5 Å². The predicted molar refractivity (Wildman–Crippen MR) is 115 cm³/mol. The van der Waals surface area contributed by atoms with E-state index in [2.05, 4.69) is 14.6 Å². The van der Waals surface area contributed by atoms with Crippen LogP contribution in [-0.2, 0) is 10.0 Å². The second-order valence-electron chi connectivity index (χ2n) is 6.97. The van der Waals surface area contributed by atoms with Gasteiger partial charge in [-0.2, -0.15) is 0 Å². The van der Waals surface area contributed by atoms with E-state index in [9.17, 15) is 8.42 Å². The summed E-state index contributed by atoms with van der Waals surface area (Å²) in [4.78, 5) is 6.28. The molecule has 0 saturated carbocycles. The molecule has 0 atom stereocenters. The highest BCUT2D eigenvalue weighted by Crippen LogP contribution is 2.33. The van der Waals surface area contributed by atoms with Gasteiger partial charge in [-0.1, -0.05) is 47.5 Å². The molecule has 0 spiro atoms. The first-order valence-corrected chi connectivity index (χ1v) is 11.3. The average molecular weight is 448 g/mol. The van der Waals surface area contributed by atoms with Gasteiger partial charge in [0.2, 0.25) is 10.0 Å². The molecule has 1 aromatic heterocycles. The zero-order valence-electron chi connectivity index (χ0n) is 15.4. The zero-order chi connectivity index (χ0) is 20.4. The van der Waals surface area contributed by atoms with Crippen molar-refractivity contribution in [3.05, 3.63) is 94.2 Å². The molecule has 5 nitrogen and oxygen atoms in total. The number of sulfonamides is 1. The summed E-state index contributed by atoms with van der Waals surface area (Å²) in [5.41, 5.74) is 2.18. The summed E-state index contributed by atoms with van der Waals surface area (Å²) in [5, 5.41) is 1.35. The third-order valence-corrected chi connectivity index (χ3v) is 6.92. The molecule has 1 N–H and O–H groups in total. The number of pyridine rings is 1. The van der Waals surface area contributed by atoms with Crippen molar-refractivity contribution in [2.45, 2.75) is 17.0 Å². The van der Waals surface area contributed by atoms with E-state index in [-0.39, 0.29) is 17.0 Å². The number of aromatic nitrogens is 1. The summed E-state index contributed by atoms with van der Waals surface area (Å²) in [6, 6.07) is 18.4. The number of benzene rings is 2. The molecule has 0 radical (unpaired) electrons. The van der Waals surface area contributed by atoms with E-state index in [0.29, 0.717) is 23.1 Å². The van der Waals surface area contributed by atoms with Crippen molar-refractivity contribution in [1.82, 2.24) is 14.6 Å². The van der Waals surface area contributed by atoms with Crippen molar-refractivity contribution >= 4 is 33.2 Å². The monoisotopic (exact) mass is 447 g/mol. The lowest BCUT2D eigenvalue weighted by Gasteiger charge is -2.44.